The number of fused-ring (bicyclic) bond motifs is 1. The maximum atomic E-state index is 3.63. The van der Waals surface area contributed by atoms with E-state index in [2.05, 4.69) is 61.7 Å². The lowest BCUT2D eigenvalue weighted by molar-refractivity contribution is 0.454. The molecule has 2 nitrogen and oxygen atoms in total. The normalized spacial score (nSPS) is 19.9. The first kappa shape index (κ1) is 13.0. The molecule has 1 aliphatic rings. The Morgan fingerprint density at radius 2 is 1.80 bits per heavy atom. The topological polar surface area (TPSA) is 24.1 Å². The van der Waals surface area contributed by atoms with E-state index in [9.17, 15) is 0 Å². The summed E-state index contributed by atoms with van der Waals surface area (Å²) in [5.41, 5.74) is 5.14. The van der Waals surface area contributed by atoms with Gasteiger partial charge >= 0.3 is 0 Å². The number of hydrogen-bond acceptors (Lipinski definition) is 2. The van der Waals surface area contributed by atoms with Crippen molar-refractivity contribution in [3.8, 4) is 0 Å². The van der Waals surface area contributed by atoms with Crippen molar-refractivity contribution in [2.24, 2.45) is 0 Å². The fourth-order valence-corrected chi connectivity index (χ4v) is 3.14. The minimum Gasteiger partial charge on any atom is -0.380 e. The standard InChI is InChI=1S/C18H22N2/c1-13-12-18(2,3)20-17-10-9-15(11-16(13)17)19-14-7-5-4-6-8-14/h4-11,13,19-20H,12H2,1-3H3. The third kappa shape index (κ3) is 2.64. The molecule has 0 amide bonds. The van der Waals surface area contributed by atoms with Crippen molar-refractivity contribution in [1.82, 2.24) is 0 Å². The molecule has 0 fully saturated rings. The molecule has 0 aliphatic carbocycles. The Morgan fingerprint density at radius 3 is 2.55 bits per heavy atom. The average molecular weight is 266 g/mol. The van der Waals surface area contributed by atoms with Crippen LogP contribution in [0.1, 0.15) is 38.7 Å². The van der Waals surface area contributed by atoms with Gasteiger partial charge in [-0.2, -0.15) is 0 Å². The molecule has 0 aromatic heterocycles. The van der Waals surface area contributed by atoms with Gasteiger partial charge in [-0.15, -0.1) is 0 Å². The van der Waals surface area contributed by atoms with Gasteiger partial charge < -0.3 is 10.6 Å². The Kier molecular flexibility index (Phi) is 3.17. The molecule has 20 heavy (non-hydrogen) atoms. The number of para-hydroxylation sites is 1. The molecule has 0 saturated heterocycles. The quantitative estimate of drug-likeness (QED) is 0.787. The van der Waals surface area contributed by atoms with E-state index in [4.69, 9.17) is 0 Å². The van der Waals surface area contributed by atoms with E-state index in [1.165, 1.54) is 11.3 Å². The molecule has 1 heterocycles. The van der Waals surface area contributed by atoms with E-state index in [0.29, 0.717) is 5.92 Å². The number of nitrogens with one attached hydrogen (secondary N) is 2. The minimum absolute atomic E-state index is 0.181. The Hall–Kier alpha value is -1.96. The predicted octanol–water partition coefficient (Wildman–Crippen LogP) is 5.13. The molecule has 0 radical (unpaired) electrons. The first-order chi connectivity index (χ1) is 9.53. The van der Waals surface area contributed by atoms with Crippen LogP contribution >= 0.6 is 0 Å². The largest absolute Gasteiger partial charge is 0.380 e. The highest BCUT2D eigenvalue weighted by Crippen LogP contribution is 2.39. The monoisotopic (exact) mass is 266 g/mol. The van der Waals surface area contributed by atoms with E-state index < -0.39 is 0 Å². The molecule has 1 aliphatic heterocycles. The van der Waals surface area contributed by atoms with E-state index >= 15 is 0 Å². The molecule has 2 aromatic carbocycles. The molecular formula is C18H22N2. The first-order valence-electron chi connectivity index (χ1n) is 7.28. The van der Waals surface area contributed by atoms with Crippen molar-refractivity contribution in [3.05, 3.63) is 54.1 Å². The number of anilines is 3. The van der Waals surface area contributed by atoms with E-state index in [-0.39, 0.29) is 5.54 Å². The number of benzene rings is 2. The van der Waals surface area contributed by atoms with Gasteiger partial charge in [-0.25, -0.2) is 0 Å². The number of hydrogen-bond donors (Lipinski definition) is 2. The van der Waals surface area contributed by atoms with Crippen molar-refractivity contribution in [2.45, 2.75) is 38.6 Å². The Labute approximate surface area is 121 Å². The van der Waals surface area contributed by atoms with Crippen LogP contribution in [0.15, 0.2) is 48.5 Å². The molecule has 1 unspecified atom stereocenters. The summed E-state index contributed by atoms with van der Waals surface area (Å²) in [6.07, 6.45) is 1.16. The summed E-state index contributed by atoms with van der Waals surface area (Å²) >= 11 is 0. The molecule has 2 aromatic rings. The van der Waals surface area contributed by atoms with Crippen LogP contribution in [0.2, 0.25) is 0 Å². The zero-order chi connectivity index (χ0) is 14.2. The van der Waals surface area contributed by atoms with Gasteiger partial charge in [0.25, 0.3) is 0 Å². The fourth-order valence-electron chi connectivity index (χ4n) is 3.14. The second-order valence-electron chi connectivity index (χ2n) is 6.41. The molecule has 0 bridgehead atoms. The first-order valence-corrected chi connectivity index (χ1v) is 7.28. The van der Waals surface area contributed by atoms with Crippen molar-refractivity contribution in [3.63, 3.8) is 0 Å². The van der Waals surface area contributed by atoms with Crippen LogP contribution in [0.25, 0.3) is 0 Å². The summed E-state index contributed by atoms with van der Waals surface area (Å²) < 4.78 is 0. The van der Waals surface area contributed by atoms with Crippen molar-refractivity contribution < 1.29 is 0 Å². The predicted molar refractivity (Wildman–Crippen MR) is 86.9 cm³/mol. The van der Waals surface area contributed by atoms with Crippen LogP contribution < -0.4 is 10.6 Å². The molecule has 104 valence electrons. The van der Waals surface area contributed by atoms with Crippen LogP contribution in [0, 0.1) is 0 Å². The molecule has 0 spiro atoms. The van der Waals surface area contributed by atoms with Gasteiger partial charge in [0.1, 0.15) is 0 Å². The lowest BCUT2D eigenvalue weighted by atomic mass is 9.82. The summed E-state index contributed by atoms with van der Waals surface area (Å²) in [6, 6.07) is 16.9. The van der Waals surface area contributed by atoms with Crippen LogP contribution in [-0.2, 0) is 0 Å². The third-order valence-electron chi connectivity index (χ3n) is 3.93. The maximum Gasteiger partial charge on any atom is 0.0388 e. The number of rotatable bonds is 2. The van der Waals surface area contributed by atoms with Gasteiger partial charge in [0, 0.05) is 22.6 Å². The summed E-state index contributed by atoms with van der Waals surface area (Å²) in [5, 5.41) is 7.10. The van der Waals surface area contributed by atoms with Crippen LogP contribution in [-0.4, -0.2) is 5.54 Å². The maximum absolute atomic E-state index is 3.63. The Morgan fingerprint density at radius 1 is 1.05 bits per heavy atom. The molecule has 0 saturated carbocycles. The molecule has 1 atom stereocenters. The summed E-state index contributed by atoms with van der Waals surface area (Å²) in [6.45, 7) is 6.85. The Bertz CT molecular complexity index is 602. The molecule has 2 heteroatoms. The smallest absolute Gasteiger partial charge is 0.0388 e. The average Bonchev–Trinajstić information content (AvgIpc) is 2.40. The highest BCUT2D eigenvalue weighted by atomic mass is 15.0. The van der Waals surface area contributed by atoms with E-state index in [1.807, 2.05) is 18.2 Å². The van der Waals surface area contributed by atoms with Gasteiger partial charge in [0.2, 0.25) is 0 Å². The minimum atomic E-state index is 0.181. The van der Waals surface area contributed by atoms with Crippen LogP contribution in [0.3, 0.4) is 0 Å². The highest BCUT2D eigenvalue weighted by molar-refractivity contribution is 5.67. The van der Waals surface area contributed by atoms with Gasteiger partial charge in [0.05, 0.1) is 0 Å². The van der Waals surface area contributed by atoms with E-state index in [0.717, 1.165) is 17.8 Å². The SMILES string of the molecule is CC1CC(C)(C)Nc2ccc(Nc3ccccc3)cc21. The summed E-state index contributed by atoms with van der Waals surface area (Å²) in [7, 11) is 0. The van der Waals surface area contributed by atoms with Crippen LogP contribution in [0.4, 0.5) is 17.1 Å². The lowest BCUT2D eigenvalue weighted by Crippen LogP contribution is -2.36. The van der Waals surface area contributed by atoms with Gasteiger partial charge in [-0.3, -0.25) is 0 Å². The zero-order valence-electron chi connectivity index (χ0n) is 12.4. The Balaban J connectivity index is 1.88. The van der Waals surface area contributed by atoms with Crippen molar-refractivity contribution in [1.29, 1.82) is 0 Å². The van der Waals surface area contributed by atoms with E-state index in [1.54, 1.807) is 0 Å². The zero-order valence-corrected chi connectivity index (χ0v) is 12.4. The van der Waals surface area contributed by atoms with Crippen LogP contribution in [0.5, 0.6) is 0 Å². The molecule has 2 N–H and O–H groups in total. The second-order valence-corrected chi connectivity index (χ2v) is 6.41. The highest BCUT2D eigenvalue weighted by Gasteiger charge is 2.29. The second kappa shape index (κ2) is 4.86. The van der Waals surface area contributed by atoms with Gasteiger partial charge in [-0.05, 0) is 62.1 Å². The van der Waals surface area contributed by atoms with Gasteiger partial charge in [-0.1, -0.05) is 25.1 Å². The third-order valence-corrected chi connectivity index (χ3v) is 3.93. The molecule has 3 rings (SSSR count). The lowest BCUT2D eigenvalue weighted by Gasteiger charge is -2.37. The van der Waals surface area contributed by atoms with Crippen molar-refractivity contribution in [2.75, 3.05) is 10.6 Å². The van der Waals surface area contributed by atoms with Gasteiger partial charge in [0.15, 0.2) is 0 Å². The fraction of sp³-hybridized carbons (Fsp3) is 0.333. The molecular weight excluding hydrogens is 244 g/mol. The summed E-state index contributed by atoms with van der Waals surface area (Å²) in [5.74, 6) is 0.582. The summed E-state index contributed by atoms with van der Waals surface area (Å²) in [4.78, 5) is 0. The van der Waals surface area contributed by atoms with Crippen molar-refractivity contribution >= 4 is 17.1 Å².